The van der Waals surface area contributed by atoms with Gasteiger partial charge in [-0.05, 0) is 42.2 Å². The summed E-state index contributed by atoms with van der Waals surface area (Å²) in [7, 11) is 0. The third-order valence-corrected chi connectivity index (χ3v) is 3.74. The predicted molar refractivity (Wildman–Crippen MR) is 76.2 cm³/mol. The Hall–Kier alpha value is -1.76. The molecule has 1 N–H and O–H groups in total. The Bertz CT molecular complexity index is 568. The molecule has 0 bridgehead atoms. The lowest BCUT2D eigenvalue weighted by molar-refractivity contribution is 0.470. The zero-order chi connectivity index (χ0) is 13.3. The zero-order valence-electron chi connectivity index (χ0n) is 11.5. The molecule has 0 aliphatic carbocycles. The molecule has 0 aromatic heterocycles. The van der Waals surface area contributed by atoms with Crippen molar-refractivity contribution in [3.63, 3.8) is 0 Å². The van der Waals surface area contributed by atoms with E-state index in [9.17, 15) is 5.11 Å². The minimum absolute atomic E-state index is 0.0518. The standard InChI is InChI=1S/C17H20O/c1-12-7-5-6-8-15(12)17(3,4)14-9-10-16(18)13(2)11-14/h5-11,18H,1-4H3. The molecule has 1 nitrogen and oxygen atoms in total. The Balaban J connectivity index is 2.54. The van der Waals surface area contributed by atoms with Crippen molar-refractivity contribution < 1.29 is 5.11 Å². The lowest BCUT2D eigenvalue weighted by Crippen LogP contribution is -2.20. The molecule has 2 aromatic carbocycles. The number of benzene rings is 2. The van der Waals surface area contributed by atoms with E-state index >= 15 is 0 Å². The van der Waals surface area contributed by atoms with E-state index < -0.39 is 0 Å². The highest BCUT2D eigenvalue weighted by Gasteiger charge is 2.24. The molecule has 18 heavy (non-hydrogen) atoms. The van der Waals surface area contributed by atoms with Crippen molar-refractivity contribution in [2.24, 2.45) is 0 Å². The molecule has 1 heteroatoms. The van der Waals surface area contributed by atoms with Gasteiger partial charge in [-0.2, -0.15) is 0 Å². The Labute approximate surface area is 109 Å². The van der Waals surface area contributed by atoms with Crippen LogP contribution in [0.4, 0.5) is 0 Å². The molecule has 0 saturated heterocycles. The van der Waals surface area contributed by atoms with Crippen LogP contribution in [0.2, 0.25) is 0 Å². The van der Waals surface area contributed by atoms with Gasteiger partial charge in [0.1, 0.15) is 5.75 Å². The molecule has 0 radical (unpaired) electrons. The number of aromatic hydroxyl groups is 1. The number of hydrogen-bond donors (Lipinski definition) is 1. The van der Waals surface area contributed by atoms with Crippen LogP contribution in [0.15, 0.2) is 42.5 Å². The first kappa shape index (κ1) is 12.7. The van der Waals surface area contributed by atoms with Gasteiger partial charge in [0.25, 0.3) is 0 Å². The van der Waals surface area contributed by atoms with Crippen LogP contribution in [0.5, 0.6) is 5.75 Å². The highest BCUT2D eigenvalue weighted by molar-refractivity contribution is 5.45. The molecule has 0 saturated carbocycles. The van der Waals surface area contributed by atoms with Crippen molar-refractivity contribution >= 4 is 0 Å². The molecule has 2 aromatic rings. The van der Waals surface area contributed by atoms with Gasteiger partial charge in [0.15, 0.2) is 0 Å². The lowest BCUT2D eigenvalue weighted by Gasteiger charge is -2.28. The highest BCUT2D eigenvalue weighted by atomic mass is 16.3. The fourth-order valence-electron chi connectivity index (χ4n) is 2.47. The Morgan fingerprint density at radius 3 is 2.17 bits per heavy atom. The van der Waals surface area contributed by atoms with Crippen molar-refractivity contribution in [1.82, 2.24) is 0 Å². The molecule has 0 atom stereocenters. The van der Waals surface area contributed by atoms with Crippen LogP contribution in [0.1, 0.15) is 36.1 Å². The highest BCUT2D eigenvalue weighted by Crippen LogP contribution is 2.35. The van der Waals surface area contributed by atoms with Gasteiger partial charge in [-0.1, -0.05) is 50.2 Å². The molecule has 94 valence electrons. The van der Waals surface area contributed by atoms with Gasteiger partial charge in [0, 0.05) is 5.41 Å². The molecular formula is C17H20O. The molecular weight excluding hydrogens is 220 g/mol. The van der Waals surface area contributed by atoms with Gasteiger partial charge in [0.2, 0.25) is 0 Å². The third-order valence-electron chi connectivity index (χ3n) is 3.74. The molecule has 0 spiro atoms. The van der Waals surface area contributed by atoms with Crippen molar-refractivity contribution in [1.29, 1.82) is 0 Å². The predicted octanol–water partition coefficient (Wildman–Crippen LogP) is 4.33. The van der Waals surface area contributed by atoms with Gasteiger partial charge in [-0.3, -0.25) is 0 Å². The van der Waals surface area contributed by atoms with E-state index in [1.165, 1.54) is 16.7 Å². The van der Waals surface area contributed by atoms with Crippen molar-refractivity contribution in [2.75, 3.05) is 0 Å². The summed E-state index contributed by atoms with van der Waals surface area (Å²) < 4.78 is 0. The van der Waals surface area contributed by atoms with Gasteiger partial charge < -0.3 is 5.11 Å². The maximum atomic E-state index is 9.63. The van der Waals surface area contributed by atoms with Crippen LogP contribution in [0, 0.1) is 13.8 Å². The van der Waals surface area contributed by atoms with E-state index in [1.807, 2.05) is 13.0 Å². The van der Waals surface area contributed by atoms with Crippen LogP contribution in [-0.4, -0.2) is 5.11 Å². The second kappa shape index (κ2) is 4.49. The van der Waals surface area contributed by atoms with Gasteiger partial charge in [-0.15, -0.1) is 0 Å². The number of phenolic OH excluding ortho intramolecular Hbond substituents is 1. The van der Waals surface area contributed by atoms with Crippen molar-refractivity contribution in [3.05, 3.63) is 64.7 Å². The first-order valence-corrected chi connectivity index (χ1v) is 6.29. The van der Waals surface area contributed by atoms with Crippen LogP contribution in [-0.2, 0) is 5.41 Å². The van der Waals surface area contributed by atoms with E-state index in [1.54, 1.807) is 6.07 Å². The fourth-order valence-corrected chi connectivity index (χ4v) is 2.47. The minimum Gasteiger partial charge on any atom is -0.508 e. The molecule has 0 heterocycles. The van der Waals surface area contributed by atoms with Crippen LogP contribution in [0.25, 0.3) is 0 Å². The monoisotopic (exact) mass is 240 g/mol. The molecule has 0 aliphatic rings. The number of hydrogen-bond acceptors (Lipinski definition) is 1. The summed E-state index contributed by atoms with van der Waals surface area (Å²) >= 11 is 0. The maximum absolute atomic E-state index is 9.63. The van der Waals surface area contributed by atoms with E-state index in [2.05, 4.69) is 51.1 Å². The molecule has 2 rings (SSSR count). The van der Waals surface area contributed by atoms with Crippen LogP contribution < -0.4 is 0 Å². The van der Waals surface area contributed by atoms with Crippen LogP contribution >= 0.6 is 0 Å². The third kappa shape index (κ3) is 2.13. The fraction of sp³-hybridized carbons (Fsp3) is 0.294. The van der Waals surface area contributed by atoms with Gasteiger partial charge in [0.05, 0.1) is 0 Å². The van der Waals surface area contributed by atoms with Gasteiger partial charge >= 0.3 is 0 Å². The Morgan fingerprint density at radius 2 is 1.56 bits per heavy atom. The lowest BCUT2D eigenvalue weighted by atomic mass is 9.76. The van der Waals surface area contributed by atoms with E-state index in [4.69, 9.17) is 0 Å². The first-order chi connectivity index (χ1) is 8.43. The Morgan fingerprint density at radius 1 is 0.889 bits per heavy atom. The normalized spacial score (nSPS) is 11.6. The van der Waals surface area contributed by atoms with E-state index in [0.29, 0.717) is 5.75 Å². The number of phenols is 1. The second-order valence-electron chi connectivity index (χ2n) is 5.44. The maximum Gasteiger partial charge on any atom is 0.118 e. The molecule has 0 amide bonds. The average molecular weight is 240 g/mol. The smallest absolute Gasteiger partial charge is 0.118 e. The second-order valence-corrected chi connectivity index (χ2v) is 5.44. The summed E-state index contributed by atoms with van der Waals surface area (Å²) in [6, 6.07) is 14.3. The zero-order valence-corrected chi connectivity index (χ0v) is 11.5. The first-order valence-electron chi connectivity index (χ1n) is 6.29. The minimum atomic E-state index is -0.0518. The summed E-state index contributed by atoms with van der Waals surface area (Å²) in [6.07, 6.45) is 0. The summed E-state index contributed by atoms with van der Waals surface area (Å²) in [5.74, 6) is 0.360. The van der Waals surface area contributed by atoms with E-state index in [0.717, 1.165) is 5.56 Å². The average Bonchev–Trinajstić information content (AvgIpc) is 2.33. The summed E-state index contributed by atoms with van der Waals surface area (Å²) in [5.41, 5.74) is 4.73. The van der Waals surface area contributed by atoms with Crippen molar-refractivity contribution in [2.45, 2.75) is 33.1 Å². The summed E-state index contributed by atoms with van der Waals surface area (Å²) in [6.45, 7) is 8.53. The Kier molecular flexibility index (Phi) is 3.16. The quantitative estimate of drug-likeness (QED) is 0.828. The summed E-state index contributed by atoms with van der Waals surface area (Å²) in [5, 5.41) is 9.63. The van der Waals surface area contributed by atoms with E-state index in [-0.39, 0.29) is 5.41 Å². The molecule has 0 aliphatic heterocycles. The largest absolute Gasteiger partial charge is 0.508 e. The SMILES string of the molecule is Cc1cc(C(C)(C)c2ccccc2C)ccc1O. The molecule has 0 fully saturated rings. The number of aryl methyl sites for hydroxylation is 2. The summed E-state index contributed by atoms with van der Waals surface area (Å²) in [4.78, 5) is 0. The van der Waals surface area contributed by atoms with Crippen molar-refractivity contribution in [3.8, 4) is 5.75 Å². The van der Waals surface area contributed by atoms with Gasteiger partial charge in [-0.25, -0.2) is 0 Å². The molecule has 0 unspecified atom stereocenters. The van der Waals surface area contributed by atoms with Crippen LogP contribution in [0.3, 0.4) is 0 Å². The number of rotatable bonds is 2. The topological polar surface area (TPSA) is 20.2 Å².